The maximum atomic E-state index is 11.9. The van der Waals surface area contributed by atoms with Gasteiger partial charge in [-0.2, -0.15) is 0 Å². The van der Waals surface area contributed by atoms with E-state index < -0.39 is 5.60 Å². The second-order valence-corrected chi connectivity index (χ2v) is 5.57. The van der Waals surface area contributed by atoms with Crippen molar-refractivity contribution in [3.05, 3.63) is 0 Å². The molecule has 98 valence electrons. The van der Waals surface area contributed by atoms with E-state index in [-0.39, 0.29) is 17.9 Å². The van der Waals surface area contributed by atoms with Gasteiger partial charge in [-0.05, 0) is 33.6 Å². The molecule has 4 heteroatoms. The maximum absolute atomic E-state index is 11.9. The van der Waals surface area contributed by atoms with E-state index in [1.165, 1.54) is 0 Å². The summed E-state index contributed by atoms with van der Waals surface area (Å²) in [6.07, 6.45) is 2.59. The lowest BCUT2D eigenvalue weighted by atomic mass is 10.1. The molecule has 0 saturated carbocycles. The van der Waals surface area contributed by atoms with Crippen molar-refractivity contribution in [1.82, 2.24) is 4.90 Å². The van der Waals surface area contributed by atoms with Crippen LogP contribution in [0.5, 0.6) is 0 Å². The molecule has 1 saturated heterocycles. The highest BCUT2D eigenvalue weighted by Crippen LogP contribution is 2.23. The normalized spacial score (nSPS) is 20.5. The Morgan fingerprint density at radius 3 is 2.53 bits per heavy atom. The number of nitrogens with zero attached hydrogens (tertiary/aromatic N) is 1. The minimum absolute atomic E-state index is 0.0392. The Labute approximate surface area is 103 Å². The van der Waals surface area contributed by atoms with E-state index in [1.807, 2.05) is 27.7 Å². The van der Waals surface area contributed by atoms with Gasteiger partial charge in [-0.3, -0.25) is 4.79 Å². The highest BCUT2D eigenvalue weighted by atomic mass is 16.6. The molecule has 0 unspecified atom stereocenters. The lowest BCUT2D eigenvalue weighted by Gasteiger charge is -2.28. The molecule has 1 fully saturated rings. The molecule has 1 atom stereocenters. The van der Waals surface area contributed by atoms with Crippen LogP contribution in [0.3, 0.4) is 0 Å². The average molecular weight is 241 g/mol. The van der Waals surface area contributed by atoms with Crippen LogP contribution >= 0.6 is 0 Å². The first-order valence-electron chi connectivity index (χ1n) is 6.35. The number of hydrogen-bond acceptors (Lipinski definition) is 3. The predicted octanol–water partition coefficient (Wildman–Crippen LogP) is 2.76. The van der Waals surface area contributed by atoms with Gasteiger partial charge < -0.3 is 9.64 Å². The molecule has 0 aliphatic carbocycles. The molecule has 0 aromatic carbocycles. The summed E-state index contributed by atoms with van der Waals surface area (Å²) in [7, 11) is 0. The molecule has 17 heavy (non-hydrogen) atoms. The van der Waals surface area contributed by atoms with Crippen LogP contribution in [0.2, 0.25) is 0 Å². The largest absolute Gasteiger partial charge is 0.444 e. The first-order chi connectivity index (χ1) is 7.83. The van der Waals surface area contributed by atoms with Gasteiger partial charge in [0.25, 0.3) is 0 Å². The fourth-order valence-corrected chi connectivity index (χ4v) is 2.02. The number of carbonyl (C=O) groups is 2. The van der Waals surface area contributed by atoms with Crippen molar-refractivity contribution in [3.63, 3.8) is 0 Å². The van der Waals surface area contributed by atoms with Crippen LogP contribution in [0.15, 0.2) is 0 Å². The van der Waals surface area contributed by atoms with Crippen LogP contribution in [0.1, 0.15) is 53.4 Å². The standard InChI is InChI=1S/C13H23NO3/c1-5-11(15)9-10-7-6-8-14(10)12(16)17-13(2,3)4/h10H,5-9H2,1-4H3/t10-/m0/s1. The first kappa shape index (κ1) is 14.0. The monoisotopic (exact) mass is 241 g/mol. The molecule has 1 amide bonds. The summed E-state index contributed by atoms with van der Waals surface area (Å²) in [4.78, 5) is 25.1. The summed E-state index contributed by atoms with van der Waals surface area (Å²) in [5.74, 6) is 0.213. The third kappa shape index (κ3) is 4.36. The summed E-state index contributed by atoms with van der Waals surface area (Å²) >= 11 is 0. The van der Waals surface area contributed by atoms with Crippen LogP contribution in [0.25, 0.3) is 0 Å². The SMILES string of the molecule is CCC(=O)C[C@@H]1CCCN1C(=O)OC(C)(C)C. The van der Waals surface area contributed by atoms with Crippen LogP contribution in [-0.2, 0) is 9.53 Å². The molecule has 0 N–H and O–H groups in total. The van der Waals surface area contributed by atoms with Gasteiger partial charge >= 0.3 is 6.09 Å². The molecule has 0 aromatic heterocycles. The van der Waals surface area contributed by atoms with E-state index >= 15 is 0 Å². The molecule has 1 heterocycles. The van der Waals surface area contributed by atoms with Crippen molar-refractivity contribution in [2.24, 2.45) is 0 Å². The van der Waals surface area contributed by atoms with Gasteiger partial charge in [0.05, 0.1) is 0 Å². The smallest absolute Gasteiger partial charge is 0.410 e. The molecular weight excluding hydrogens is 218 g/mol. The summed E-state index contributed by atoms with van der Waals surface area (Å²) < 4.78 is 5.34. The van der Waals surface area contributed by atoms with E-state index in [1.54, 1.807) is 4.90 Å². The number of likely N-dealkylation sites (tertiary alicyclic amines) is 1. The Morgan fingerprint density at radius 1 is 1.35 bits per heavy atom. The molecule has 0 radical (unpaired) electrons. The second kappa shape index (κ2) is 5.52. The molecule has 0 bridgehead atoms. The van der Waals surface area contributed by atoms with Gasteiger partial charge in [0.1, 0.15) is 11.4 Å². The van der Waals surface area contributed by atoms with E-state index in [9.17, 15) is 9.59 Å². The first-order valence-corrected chi connectivity index (χ1v) is 6.35. The Hall–Kier alpha value is -1.06. The van der Waals surface area contributed by atoms with E-state index in [2.05, 4.69) is 0 Å². The summed E-state index contributed by atoms with van der Waals surface area (Å²) in [5, 5.41) is 0. The van der Waals surface area contributed by atoms with Crippen molar-refractivity contribution in [3.8, 4) is 0 Å². The summed E-state index contributed by atoms with van der Waals surface area (Å²) in [6, 6.07) is 0.0392. The van der Waals surface area contributed by atoms with Crippen molar-refractivity contribution in [1.29, 1.82) is 0 Å². The molecular formula is C13H23NO3. The van der Waals surface area contributed by atoms with Crippen molar-refractivity contribution >= 4 is 11.9 Å². The van der Waals surface area contributed by atoms with Crippen molar-refractivity contribution in [2.75, 3.05) is 6.54 Å². The molecule has 1 aliphatic rings. The van der Waals surface area contributed by atoms with Crippen LogP contribution in [-0.4, -0.2) is 35.0 Å². The lowest BCUT2D eigenvalue weighted by molar-refractivity contribution is -0.119. The molecule has 1 rings (SSSR count). The maximum Gasteiger partial charge on any atom is 0.410 e. The van der Waals surface area contributed by atoms with Gasteiger partial charge in [0.15, 0.2) is 0 Å². The number of Topliss-reactive ketones (excluding diaryl/α,β-unsaturated/α-hetero) is 1. The lowest BCUT2D eigenvalue weighted by Crippen LogP contribution is -2.40. The third-order valence-corrected chi connectivity index (χ3v) is 2.86. The highest BCUT2D eigenvalue weighted by Gasteiger charge is 2.32. The van der Waals surface area contributed by atoms with E-state index in [0.717, 1.165) is 12.8 Å². The number of carbonyl (C=O) groups excluding carboxylic acids is 2. The number of rotatable bonds is 3. The number of ketones is 1. The third-order valence-electron chi connectivity index (χ3n) is 2.86. The Kier molecular flexibility index (Phi) is 4.54. The fourth-order valence-electron chi connectivity index (χ4n) is 2.02. The summed E-state index contributed by atoms with van der Waals surface area (Å²) in [5.41, 5.74) is -0.473. The van der Waals surface area contributed by atoms with Gasteiger partial charge in [0.2, 0.25) is 0 Å². The van der Waals surface area contributed by atoms with Gasteiger partial charge in [-0.25, -0.2) is 4.79 Å². The Balaban J connectivity index is 2.57. The summed E-state index contributed by atoms with van der Waals surface area (Å²) in [6.45, 7) is 8.12. The van der Waals surface area contributed by atoms with Crippen LogP contribution in [0, 0.1) is 0 Å². The highest BCUT2D eigenvalue weighted by molar-refractivity contribution is 5.79. The average Bonchev–Trinajstić information content (AvgIpc) is 2.63. The second-order valence-electron chi connectivity index (χ2n) is 5.57. The molecule has 4 nitrogen and oxygen atoms in total. The minimum Gasteiger partial charge on any atom is -0.444 e. The predicted molar refractivity (Wildman–Crippen MR) is 65.9 cm³/mol. The topological polar surface area (TPSA) is 46.6 Å². The van der Waals surface area contributed by atoms with E-state index in [4.69, 9.17) is 4.74 Å². The quantitative estimate of drug-likeness (QED) is 0.763. The van der Waals surface area contributed by atoms with Crippen molar-refractivity contribution in [2.45, 2.75) is 65.0 Å². The van der Waals surface area contributed by atoms with Gasteiger partial charge in [-0.15, -0.1) is 0 Å². The molecule has 0 spiro atoms. The Morgan fingerprint density at radius 2 is 2.00 bits per heavy atom. The number of amides is 1. The van der Waals surface area contributed by atoms with E-state index in [0.29, 0.717) is 19.4 Å². The zero-order chi connectivity index (χ0) is 13.1. The van der Waals surface area contributed by atoms with Crippen LogP contribution < -0.4 is 0 Å². The number of hydrogen-bond donors (Lipinski definition) is 0. The fraction of sp³-hybridized carbons (Fsp3) is 0.846. The molecule has 1 aliphatic heterocycles. The zero-order valence-electron chi connectivity index (χ0n) is 11.3. The molecule has 0 aromatic rings. The minimum atomic E-state index is -0.473. The zero-order valence-corrected chi connectivity index (χ0v) is 11.3. The van der Waals surface area contributed by atoms with Gasteiger partial charge in [-0.1, -0.05) is 6.92 Å². The van der Waals surface area contributed by atoms with Gasteiger partial charge in [0, 0.05) is 25.4 Å². The Bertz CT molecular complexity index is 294. The number of ether oxygens (including phenoxy) is 1. The van der Waals surface area contributed by atoms with Crippen LogP contribution in [0.4, 0.5) is 4.79 Å². The van der Waals surface area contributed by atoms with Crippen molar-refractivity contribution < 1.29 is 14.3 Å².